The van der Waals surface area contributed by atoms with Crippen molar-refractivity contribution in [2.75, 3.05) is 30.0 Å². The van der Waals surface area contributed by atoms with E-state index in [1.165, 1.54) is 4.90 Å². The predicted molar refractivity (Wildman–Crippen MR) is 100 cm³/mol. The number of nitrogens with one attached hydrogen (secondary N) is 1. The van der Waals surface area contributed by atoms with Gasteiger partial charge in [0.1, 0.15) is 12.3 Å². The monoisotopic (exact) mass is 368 g/mol. The van der Waals surface area contributed by atoms with Crippen LogP contribution in [0.2, 0.25) is 0 Å². The summed E-state index contributed by atoms with van der Waals surface area (Å²) in [6, 6.07) is 11.9. The second-order valence-electron chi connectivity index (χ2n) is 6.09. The zero-order valence-electron chi connectivity index (χ0n) is 15.2. The second kappa shape index (κ2) is 7.90. The molecule has 0 spiro atoms. The number of carbonyl (C=O) groups is 3. The van der Waals surface area contributed by atoms with Crippen molar-refractivity contribution in [3.8, 4) is 5.75 Å². The predicted octanol–water partition coefficient (Wildman–Crippen LogP) is 2.54. The minimum absolute atomic E-state index is 0.0996. The Hall–Kier alpha value is -3.35. The standard InChI is InChI=1S/C20H20N2O5/c1-3-26-20(25)14-5-7-15(8-6-14)21-18(23)11-22-16-10-13(2)4-9-17(16)27-12-19(22)24/h4-10H,3,11-12H2,1-2H3,(H,21,23). The van der Waals surface area contributed by atoms with E-state index < -0.39 is 5.97 Å². The summed E-state index contributed by atoms with van der Waals surface area (Å²) in [6.07, 6.45) is 0. The normalized spacial score (nSPS) is 12.8. The van der Waals surface area contributed by atoms with Gasteiger partial charge in [0.2, 0.25) is 5.91 Å². The van der Waals surface area contributed by atoms with Crippen LogP contribution in [0, 0.1) is 6.92 Å². The Morgan fingerprint density at radius 2 is 1.93 bits per heavy atom. The highest BCUT2D eigenvalue weighted by molar-refractivity contribution is 6.05. The molecule has 0 aliphatic carbocycles. The molecule has 0 unspecified atom stereocenters. The Kier molecular flexibility index (Phi) is 5.40. The number of hydrogen-bond acceptors (Lipinski definition) is 5. The molecular weight excluding hydrogens is 348 g/mol. The van der Waals surface area contributed by atoms with Gasteiger partial charge in [-0.25, -0.2) is 4.79 Å². The molecule has 0 saturated heterocycles. The van der Waals surface area contributed by atoms with Crippen LogP contribution in [0.25, 0.3) is 0 Å². The molecular formula is C20H20N2O5. The van der Waals surface area contributed by atoms with Crippen molar-refractivity contribution < 1.29 is 23.9 Å². The molecule has 2 aromatic rings. The third kappa shape index (κ3) is 4.25. The van der Waals surface area contributed by atoms with Crippen molar-refractivity contribution in [2.24, 2.45) is 0 Å². The van der Waals surface area contributed by atoms with Gasteiger partial charge in [-0.3, -0.25) is 14.5 Å². The molecule has 0 bridgehead atoms. The van der Waals surface area contributed by atoms with Crippen LogP contribution in [0.3, 0.4) is 0 Å². The summed E-state index contributed by atoms with van der Waals surface area (Å²) in [4.78, 5) is 37.7. The first-order valence-corrected chi connectivity index (χ1v) is 8.59. The smallest absolute Gasteiger partial charge is 0.338 e. The van der Waals surface area contributed by atoms with E-state index in [1.807, 2.05) is 19.1 Å². The minimum Gasteiger partial charge on any atom is -0.482 e. The average Bonchev–Trinajstić information content (AvgIpc) is 2.65. The fraction of sp³-hybridized carbons (Fsp3) is 0.250. The van der Waals surface area contributed by atoms with E-state index in [2.05, 4.69) is 5.32 Å². The fourth-order valence-electron chi connectivity index (χ4n) is 2.73. The van der Waals surface area contributed by atoms with Crippen LogP contribution in [-0.2, 0) is 14.3 Å². The van der Waals surface area contributed by atoms with Gasteiger partial charge < -0.3 is 14.8 Å². The molecule has 1 aliphatic heterocycles. The van der Waals surface area contributed by atoms with Gasteiger partial charge in [-0.2, -0.15) is 0 Å². The Morgan fingerprint density at radius 3 is 2.63 bits per heavy atom. The van der Waals surface area contributed by atoms with E-state index >= 15 is 0 Å². The van der Waals surface area contributed by atoms with Gasteiger partial charge in [0.05, 0.1) is 17.9 Å². The molecule has 3 rings (SSSR count). The number of anilines is 2. The molecule has 7 nitrogen and oxygen atoms in total. The summed E-state index contributed by atoms with van der Waals surface area (Å²) in [6.45, 7) is 3.71. The Morgan fingerprint density at radius 1 is 1.19 bits per heavy atom. The Bertz CT molecular complexity index is 876. The first-order valence-electron chi connectivity index (χ1n) is 8.59. The molecule has 140 valence electrons. The zero-order valence-corrected chi connectivity index (χ0v) is 15.2. The van der Waals surface area contributed by atoms with Crippen molar-refractivity contribution in [3.63, 3.8) is 0 Å². The third-order valence-corrected chi connectivity index (χ3v) is 4.04. The number of nitrogens with zero attached hydrogens (tertiary/aromatic N) is 1. The lowest BCUT2D eigenvalue weighted by atomic mass is 10.1. The lowest BCUT2D eigenvalue weighted by molar-refractivity contribution is -0.123. The number of aryl methyl sites for hydroxylation is 1. The number of rotatable bonds is 5. The maximum absolute atomic E-state index is 12.4. The molecule has 0 radical (unpaired) electrons. The number of fused-ring (bicyclic) bond motifs is 1. The summed E-state index contributed by atoms with van der Waals surface area (Å²) in [5.74, 6) is -0.462. The first-order chi connectivity index (χ1) is 13.0. The third-order valence-electron chi connectivity index (χ3n) is 4.04. The molecule has 2 amide bonds. The van der Waals surface area contributed by atoms with Crippen molar-refractivity contribution in [3.05, 3.63) is 53.6 Å². The summed E-state index contributed by atoms with van der Waals surface area (Å²) < 4.78 is 10.3. The van der Waals surface area contributed by atoms with E-state index in [0.717, 1.165) is 5.56 Å². The van der Waals surface area contributed by atoms with Crippen LogP contribution in [-0.4, -0.2) is 37.5 Å². The number of esters is 1. The molecule has 1 N–H and O–H groups in total. The van der Waals surface area contributed by atoms with Gasteiger partial charge in [0.15, 0.2) is 6.61 Å². The van der Waals surface area contributed by atoms with Crippen molar-refractivity contribution in [1.29, 1.82) is 0 Å². The van der Waals surface area contributed by atoms with E-state index in [0.29, 0.717) is 29.3 Å². The molecule has 0 atom stereocenters. The van der Waals surface area contributed by atoms with Crippen LogP contribution in [0.15, 0.2) is 42.5 Å². The van der Waals surface area contributed by atoms with Crippen LogP contribution in [0.5, 0.6) is 5.75 Å². The van der Waals surface area contributed by atoms with Gasteiger partial charge in [-0.15, -0.1) is 0 Å². The van der Waals surface area contributed by atoms with Crippen LogP contribution < -0.4 is 15.0 Å². The van der Waals surface area contributed by atoms with Crippen molar-refractivity contribution in [1.82, 2.24) is 0 Å². The highest BCUT2D eigenvalue weighted by Gasteiger charge is 2.27. The number of benzene rings is 2. The van der Waals surface area contributed by atoms with Crippen LogP contribution >= 0.6 is 0 Å². The highest BCUT2D eigenvalue weighted by atomic mass is 16.5. The molecule has 0 saturated carbocycles. The molecule has 0 fully saturated rings. The minimum atomic E-state index is -0.415. The lowest BCUT2D eigenvalue weighted by Gasteiger charge is -2.29. The maximum Gasteiger partial charge on any atom is 0.338 e. The van der Waals surface area contributed by atoms with E-state index in [4.69, 9.17) is 9.47 Å². The lowest BCUT2D eigenvalue weighted by Crippen LogP contribution is -2.43. The number of hydrogen-bond donors (Lipinski definition) is 1. The number of ether oxygens (including phenoxy) is 2. The van der Waals surface area contributed by atoms with Gasteiger partial charge >= 0.3 is 5.97 Å². The Labute approximate surface area is 156 Å². The molecule has 27 heavy (non-hydrogen) atoms. The quantitative estimate of drug-likeness (QED) is 0.820. The van der Waals surface area contributed by atoms with Crippen molar-refractivity contribution in [2.45, 2.75) is 13.8 Å². The van der Waals surface area contributed by atoms with Crippen molar-refractivity contribution >= 4 is 29.2 Å². The zero-order chi connectivity index (χ0) is 19.4. The molecule has 2 aromatic carbocycles. The second-order valence-corrected chi connectivity index (χ2v) is 6.09. The maximum atomic E-state index is 12.4. The van der Waals surface area contributed by atoms with Crippen LogP contribution in [0.4, 0.5) is 11.4 Å². The topological polar surface area (TPSA) is 84.9 Å². The summed E-state index contributed by atoms with van der Waals surface area (Å²) in [5, 5.41) is 2.73. The highest BCUT2D eigenvalue weighted by Crippen LogP contribution is 2.32. The van der Waals surface area contributed by atoms with E-state index in [9.17, 15) is 14.4 Å². The van der Waals surface area contributed by atoms with Crippen LogP contribution in [0.1, 0.15) is 22.8 Å². The summed E-state index contributed by atoms with van der Waals surface area (Å²) in [5.41, 5.74) is 2.48. The molecule has 7 heteroatoms. The van der Waals surface area contributed by atoms with Gasteiger partial charge in [0, 0.05) is 5.69 Å². The number of amides is 2. The molecule has 1 heterocycles. The number of carbonyl (C=O) groups excluding carboxylic acids is 3. The average molecular weight is 368 g/mol. The molecule has 0 aromatic heterocycles. The van der Waals surface area contributed by atoms with Gasteiger partial charge in [0.25, 0.3) is 5.91 Å². The largest absolute Gasteiger partial charge is 0.482 e. The van der Waals surface area contributed by atoms with E-state index in [-0.39, 0.29) is 25.0 Å². The summed E-state index contributed by atoms with van der Waals surface area (Å²) >= 11 is 0. The SMILES string of the molecule is CCOC(=O)c1ccc(NC(=O)CN2C(=O)COc3ccc(C)cc32)cc1. The van der Waals surface area contributed by atoms with Gasteiger partial charge in [-0.05, 0) is 55.8 Å². The fourth-order valence-corrected chi connectivity index (χ4v) is 2.73. The molecule has 1 aliphatic rings. The first kappa shape index (κ1) is 18.4. The summed E-state index contributed by atoms with van der Waals surface area (Å²) in [7, 11) is 0. The van der Waals surface area contributed by atoms with E-state index in [1.54, 1.807) is 37.3 Å². The Balaban J connectivity index is 1.68. The van der Waals surface area contributed by atoms with Gasteiger partial charge in [-0.1, -0.05) is 6.07 Å².